The molecule has 1 aromatic carbocycles. The number of carbonyl (C=O) groups excluding carboxylic acids is 2. The lowest BCUT2D eigenvalue weighted by Crippen LogP contribution is -2.59. The van der Waals surface area contributed by atoms with E-state index in [0.717, 1.165) is 45.3 Å². The van der Waals surface area contributed by atoms with E-state index in [1.165, 1.54) is 24.0 Å². The maximum Gasteiger partial charge on any atom is 0.317 e. The fraction of sp³-hybridized carbons (Fsp3) is 0.652. The second-order valence-electron chi connectivity index (χ2n) is 9.26. The topological polar surface area (TPSA) is 64.7 Å². The lowest BCUT2D eigenvalue weighted by molar-refractivity contribution is -0.135. The van der Waals surface area contributed by atoms with Crippen molar-refractivity contribution in [2.45, 2.75) is 50.6 Å². The van der Waals surface area contributed by atoms with Crippen molar-refractivity contribution in [1.29, 1.82) is 0 Å². The number of fused-ring (bicyclic) bond motifs is 3. The largest absolute Gasteiger partial charge is 0.336 e. The fourth-order valence-electron chi connectivity index (χ4n) is 6.02. The van der Waals surface area contributed by atoms with Crippen LogP contribution >= 0.6 is 0 Å². The van der Waals surface area contributed by atoms with Gasteiger partial charge in [0.1, 0.15) is 0 Å². The third kappa shape index (κ3) is 3.75. The zero-order chi connectivity index (χ0) is 19.8. The van der Waals surface area contributed by atoms with E-state index in [9.17, 15) is 9.59 Å². The van der Waals surface area contributed by atoms with Crippen molar-refractivity contribution < 1.29 is 9.59 Å². The van der Waals surface area contributed by atoms with E-state index in [0.29, 0.717) is 24.9 Å². The van der Waals surface area contributed by atoms with Crippen molar-refractivity contribution in [2.24, 2.45) is 11.8 Å². The first kappa shape index (κ1) is 18.9. The highest BCUT2D eigenvalue weighted by atomic mass is 16.2. The molecule has 29 heavy (non-hydrogen) atoms. The van der Waals surface area contributed by atoms with Crippen molar-refractivity contribution >= 4 is 11.9 Å². The van der Waals surface area contributed by atoms with E-state index in [1.807, 2.05) is 9.80 Å². The summed E-state index contributed by atoms with van der Waals surface area (Å²) in [7, 11) is 0. The summed E-state index contributed by atoms with van der Waals surface area (Å²) in [5, 5.41) is 6.57. The van der Waals surface area contributed by atoms with Gasteiger partial charge in [-0.3, -0.25) is 4.79 Å². The molecule has 2 saturated heterocycles. The number of benzene rings is 1. The molecular weight excluding hydrogens is 364 g/mol. The Morgan fingerprint density at radius 2 is 1.76 bits per heavy atom. The molecule has 6 heteroatoms. The number of hydrogen-bond donors (Lipinski definition) is 2. The summed E-state index contributed by atoms with van der Waals surface area (Å²) in [4.78, 5) is 29.4. The standard InChI is InChI=1S/C23H32N4O2/c28-21-14-24-9-11-27(21)20-6-3-10-26(15-20)23(29)25-22-18-7-8-19(22)13-17-5-2-1-4-16(17)12-18/h1-2,4-5,18-20,22,24H,3,6-15H2,(H,25,29). The molecule has 3 atom stereocenters. The molecule has 2 heterocycles. The van der Waals surface area contributed by atoms with Gasteiger partial charge in [0.2, 0.25) is 5.91 Å². The van der Waals surface area contributed by atoms with Gasteiger partial charge in [0, 0.05) is 38.3 Å². The predicted molar refractivity (Wildman–Crippen MR) is 112 cm³/mol. The van der Waals surface area contributed by atoms with Crippen LogP contribution in [0.1, 0.15) is 36.8 Å². The Bertz CT molecular complexity index is 749. The number of urea groups is 1. The van der Waals surface area contributed by atoms with Crippen molar-refractivity contribution in [2.75, 3.05) is 32.7 Å². The summed E-state index contributed by atoms with van der Waals surface area (Å²) in [6.07, 6.45) is 6.55. The van der Waals surface area contributed by atoms with Gasteiger partial charge in [0.15, 0.2) is 0 Å². The molecule has 5 rings (SSSR count). The normalized spacial score (nSPS) is 31.9. The first-order valence-electron chi connectivity index (χ1n) is 11.3. The van der Waals surface area contributed by atoms with Crippen molar-refractivity contribution in [3.8, 4) is 0 Å². The van der Waals surface area contributed by atoms with E-state index in [-0.39, 0.29) is 24.0 Å². The van der Waals surface area contributed by atoms with Crippen LogP contribution in [0.4, 0.5) is 4.79 Å². The number of likely N-dealkylation sites (tertiary alicyclic amines) is 1. The monoisotopic (exact) mass is 396 g/mol. The van der Waals surface area contributed by atoms with Crippen LogP contribution in [0, 0.1) is 11.8 Å². The molecule has 3 unspecified atom stereocenters. The summed E-state index contributed by atoms with van der Waals surface area (Å²) >= 11 is 0. The number of nitrogens with zero attached hydrogens (tertiary/aromatic N) is 2. The van der Waals surface area contributed by atoms with Crippen molar-refractivity contribution in [1.82, 2.24) is 20.4 Å². The molecule has 4 aliphatic rings. The Kier molecular flexibility index (Phi) is 5.20. The SMILES string of the molecule is O=C(NC1C2CCC1Cc1ccccc1C2)N1CCCC(N2CCNCC2=O)C1. The number of amides is 3. The summed E-state index contributed by atoms with van der Waals surface area (Å²) in [5.41, 5.74) is 2.93. The summed E-state index contributed by atoms with van der Waals surface area (Å²) < 4.78 is 0. The van der Waals surface area contributed by atoms with Gasteiger partial charge in [0.25, 0.3) is 0 Å². The highest BCUT2D eigenvalue weighted by Crippen LogP contribution is 2.40. The fourth-order valence-corrected chi connectivity index (χ4v) is 6.02. The van der Waals surface area contributed by atoms with E-state index in [4.69, 9.17) is 0 Å². The Morgan fingerprint density at radius 3 is 2.45 bits per heavy atom. The average molecular weight is 397 g/mol. The van der Waals surface area contributed by atoms with Crippen LogP contribution in [-0.2, 0) is 17.6 Å². The van der Waals surface area contributed by atoms with Crippen LogP contribution in [-0.4, -0.2) is 66.5 Å². The van der Waals surface area contributed by atoms with Gasteiger partial charge >= 0.3 is 6.03 Å². The smallest absolute Gasteiger partial charge is 0.317 e. The molecule has 2 aliphatic heterocycles. The second kappa shape index (κ2) is 7.98. The molecule has 0 spiro atoms. The lowest BCUT2D eigenvalue weighted by atomic mass is 9.94. The Hall–Kier alpha value is -2.08. The minimum atomic E-state index is 0.0742. The number of hydrogen-bond acceptors (Lipinski definition) is 3. The van der Waals surface area contributed by atoms with Gasteiger partial charge in [-0.25, -0.2) is 4.79 Å². The maximum atomic E-state index is 13.2. The number of piperazine rings is 1. The van der Waals surface area contributed by atoms with Gasteiger partial charge < -0.3 is 20.4 Å². The maximum absolute atomic E-state index is 13.2. The molecule has 3 fully saturated rings. The Balaban J connectivity index is 1.24. The van der Waals surface area contributed by atoms with Crippen LogP contribution in [0.5, 0.6) is 0 Å². The van der Waals surface area contributed by atoms with E-state index in [1.54, 1.807) is 0 Å². The molecule has 1 saturated carbocycles. The molecule has 2 bridgehead atoms. The molecule has 2 N–H and O–H groups in total. The van der Waals surface area contributed by atoms with Crippen LogP contribution in [0.2, 0.25) is 0 Å². The highest BCUT2D eigenvalue weighted by molar-refractivity contribution is 5.79. The number of piperidine rings is 1. The molecular formula is C23H32N4O2. The van der Waals surface area contributed by atoms with Crippen LogP contribution in [0.3, 0.4) is 0 Å². The first-order valence-corrected chi connectivity index (χ1v) is 11.3. The second-order valence-corrected chi connectivity index (χ2v) is 9.26. The molecule has 1 aromatic rings. The van der Waals surface area contributed by atoms with E-state index < -0.39 is 0 Å². The third-order valence-electron chi connectivity index (χ3n) is 7.55. The molecule has 2 aliphatic carbocycles. The van der Waals surface area contributed by atoms with Crippen LogP contribution in [0.25, 0.3) is 0 Å². The molecule has 156 valence electrons. The number of carbonyl (C=O) groups is 2. The summed E-state index contributed by atoms with van der Waals surface area (Å²) in [6.45, 7) is 3.49. The van der Waals surface area contributed by atoms with Gasteiger partial charge in [-0.1, -0.05) is 24.3 Å². The van der Waals surface area contributed by atoms with Crippen LogP contribution < -0.4 is 10.6 Å². The highest BCUT2D eigenvalue weighted by Gasteiger charge is 2.41. The van der Waals surface area contributed by atoms with E-state index >= 15 is 0 Å². The Labute approximate surface area is 173 Å². The molecule has 6 nitrogen and oxygen atoms in total. The summed E-state index contributed by atoms with van der Waals surface area (Å²) in [6, 6.07) is 9.30. The third-order valence-corrected chi connectivity index (χ3v) is 7.55. The Morgan fingerprint density at radius 1 is 1.03 bits per heavy atom. The quantitative estimate of drug-likeness (QED) is 0.801. The minimum absolute atomic E-state index is 0.0742. The first-order chi connectivity index (χ1) is 14.2. The minimum Gasteiger partial charge on any atom is -0.336 e. The molecule has 3 amide bonds. The van der Waals surface area contributed by atoms with E-state index in [2.05, 4.69) is 34.9 Å². The molecule has 0 radical (unpaired) electrons. The van der Waals surface area contributed by atoms with Crippen molar-refractivity contribution in [3.05, 3.63) is 35.4 Å². The predicted octanol–water partition coefficient (Wildman–Crippen LogP) is 1.79. The summed E-state index contributed by atoms with van der Waals surface area (Å²) in [5.74, 6) is 1.26. The zero-order valence-corrected chi connectivity index (χ0v) is 17.1. The van der Waals surface area contributed by atoms with Crippen molar-refractivity contribution in [3.63, 3.8) is 0 Å². The molecule has 0 aromatic heterocycles. The van der Waals surface area contributed by atoms with Gasteiger partial charge in [0.05, 0.1) is 6.54 Å². The average Bonchev–Trinajstić information content (AvgIpc) is 3.02. The van der Waals surface area contributed by atoms with Gasteiger partial charge in [-0.15, -0.1) is 0 Å². The lowest BCUT2D eigenvalue weighted by Gasteiger charge is -2.41. The number of rotatable bonds is 2. The van der Waals surface area contributed by atoms with Crippen LogP contribution in [0.15, 0.2) is 24.3 Å². The zero-order valence-electron chi connectivity index (χ0n) is 17.1. The number of nitrogens with one attached hydrogen (secondary N) is 2. The van der Waals surface area contributed by atoms with Gasteiger partial charge in [-0.05, 0) is 61.5 Å². The van der Waals surface area contributed by atoms with Gasteiger partial charge in [-0.2, -0.15) is 0 Å².